The fourth-order valence-electron chi connectivity index (χ4n) is 3.71. The molecule has 178 valence electrons. The Morgan fingerprint density at radius 3 is 2.29 bits per heavy atom. The normalized spacial score (nSPS) is 11.7. The second-order valence-corrected chi connectivity index (χ2v) is 11.0. The number of hydrogen-bond acceptors (Lipinski definition) is 3. The molecule has 0 spiro atoms. The maximum Gasteiger partial charge on any atom is 0.271 e. The van der Waals surface area contributed by atoms with Crippen molar-refractivity contribution >= 4 is 54.8 Å². The summed E-state index contributed by atoms with van der Waals surface area (Å²) in [5, 5.41) is 6.48. The lowest BCUT2D eigenvalue weighted by Crippen LogP contribution is -2.18. The van der Waals surface area contributed by atoms with Gasteiger partial charge in [0.15, 0.2) is 0 Å². The molecule has 6 heteroatoms. The SMILES string of the molecule is CC(C)(C)c1ccc(C(=O)N/N=C\c2cc(Br)c(OCc3cccc4ccccc34)c(Br)c2)cc1. The van der Waals surface area contributed by atoms with Gasteiger partial charge in [-0.1, -0.05) is 75.4 Å². The summed E-state index contributed by atoms with van der Waals surface area (Å²) in [4.78, 5) is 12.4. The Hall–Kier alpha value is -2.96. The molecular weight excluding hydrogens is 568 g/mol. The van der Waals surface area contributed by atoms with E-state index in [1.807, 2.05) is 54.6 Å². The Morgan fingerprint density at radius 1 is 0.943 bits per heavy atom. The predicted molar refractivity (Wildman–Crippen MR) is 150 cm³/mol. The van der Waals surface area contributed by atoms with Gasteiger partial charge >= 0.3 is 0 Å². The van der Waals surface area contributed by atoms with Crippen molar-refractivity contribution in [1.29, 1.82) is 0 Å². The van der Waals surface area contributed by atoms with E-state index in [1.54, 1.807) is 6.21 Å². The van der Waals surface area contributed by atoms with Crippen molar-refractivity contribution in [2.24, 2.45) is 5.10 Å². The van der Waals surface area contributed by atoms with Gasteiger partial charge in [0.2, 0.25) is 0 Å². The Bertz CT molecular complexity index is 1360. The number of hydrazone groups is 1. The standard InChI is InChI=1S/C29H26Br2N2O2/c1-29(2,3)23-13-11-21(12-14-23)28(34)33-32-17-19-15-25(30)27(26(31)16-19)35-18-22-9-6-8-20-7-4-5-10-24(20)22/h4-17H,18H2,1-3H3,(H,33,34)/b32-17-. The lowest BCUT2D eigenvalue weighted by Gasteiger charge is -2.18. The molecule has 0 aliphatic rings. The molecule has 0 atom stereocenters. The maximum atomic E-state index is 12.4. The highest BCUT2D eigenvalue weighted by molar-refractivity contribution is 9.11. The van der Waals surface area contributed by atoms with Crippen molar-refractivity contribution in [3.05, 3.63) is 110 Å². The molecule has 4 aromatic rings. The van der Waals surface area contributed by atoms with Gasteiger partial charge in [0, 0.05) is 5.56 Å². The van der Waals surface area contributed by atoms with Gasteiger partial charge in [-0.15, -0.1) is 0 Å². The van der Waals surface area contributed by atoms with Crippen molar-refractivity contribution in [2.45, 2.75) is 32.8 Å². The summed E-state index contributed by atoms with van der Waals surface area (Å²) in [6.45, 7) is 6.86. The number of ether oxygens (including phenoxy) is 1. The molecule has 0 heterocycles. The van der Waals surface area contributed by atoms with E-state index in [0.29, 0.717) is 17.9 Å². The molecule has 0 aromatic heterocycles. The van der Waals surface area contributed by atoms with Crippen molar-refractivity contribution in [3.63, 3.8) is 0 Å². The first-order valence-electron chi connectivity index (χ1n) is 11.2. The number of carbonyl (C=O) groups is 1. The molecule has 0 aliphatic heterocycles. The van der Waals surface area contributed by atoms with Gasteiger partial charge in [0.25, 0.3) is 5.91 Å². The van der Waals surface area contributed by atoms with Crippen molar-refractivity contribution < 1.29 is 9.53 Å². The lowest BCUT2D eigenvalue weighted by atomic mass is 9.87. The van der Waals surface area contributed by atoms with Crippen LogP contribution in [0.25, 0.3) is 10.8 Å². The van der Waals surface area contributed by atoms with Gasteiger partial charge in [-0.05, 0) is 89.0 Å². The Balaban J connectivity index is 1.41. The molecule has 4 aromatic carbocycles. The van der Waals surface area contributed by atoms with Crippen LogP contribution in [0.1, 0.15) is 47.8 Å². The van der Waals surface area contributed by atoms with E-state index < -0.39 is 0 Å². The summed E-state index contributed by atoms with van der Waals surface area (Å²) in [7, 11) is 0. The molecule has 0 radical (unpaired) electrons. The highest BCUT2D eigenvalue weighted by Gasteiger charge is 2.14. The number of benzene rings is 4. The van der Waals surface area contributed by atoms with Gasteiger partial charge in [0.1, 0.15) is 12.4 Å². The number of nitrogens with one attached hydrogen (secondary N) is 1. The van der Waals surface area contributed by atoms with Crippen LogP contribution in [0.5, 0.6) is 5.75 Å². The maximum absolute atomic E-state index is 12.4. The van der Waals surface area contributed by atoms with Crippen LogP contribution < -0.4 is 10.2 Å². The summed E-state index contributed by atoms with van der Waals surface area (Å²) in [5.41, 5.74) is 6.30. The largest absolute Gasteiger partial charge is 0.487 e. The lowest BCUT2D eigenvalue weighted by molar-refractivity contribution is 0.0955. The van der Waals surface area contributed by atoms with Gasteiger partial charge in [0.05, 0.1) is 15.2 Å². The predicted octanol–water partition coefficient (Wildman–Crippen LogP) is 8.01. The first-order chi connectivity index (χ1) is 16.7. The van der Waals surface area contributed by atoms with E-state index in [9.17, 15) is 4.79 Å². The van der Waals surface area contributed by atoms with Crippen molar-refractivity contribution in [3.8, 4) is 5.75 Å². The molecule has 0 unspecified atom stereocenters. The van der Waals surface area contributed by atoms with Gasteiger partial charge < -0.3 is 4.74 Å². The first kappa shape index (κ1) is 25.1. The van der Waals surface area contributed by atoms with E-state index in [1.165, 1.54) is 16.3 Å². The second-order valence-electron chi connectivity index (χ2n) is 9.27. The third-order valence-corrected chi connectivity index (χ3v) is 6.84. The van der Waals surface area contributed by atoms with Crippen LogP contribution in [0.15, 0.2) is 92.9 Å². The zero-order valence-electron chi connectivity index (χ0n) is 19.8. The fraction of sp³-hybridized carbons (Fsp3) is 0.172. The molecule has 1 N–H and O–H groups in total. The van der Waals surface area contributed by atoms with Gasteiger partial charge in [-0.2, -0.15) is 5.10 Å². The van der Waals surface area contributed by atoms with Gasteiger partial charge in [-0.3, -0.25) is 4.79 Å². The summed E-state index contributed by atoms with van der Waals surface area (Å²) in [5.74, 6) is 0.452. The van der Waals surface area contributed by atoms with Crippen LogP contribution in [-0.4, -0.2) is 12.1 Å². The van der Waals surface area contributed by atoms with Crippen molar-refractivity contribution in [1.82, 2.24) is 5.43 Å². The Morgan fingerprint density at radius 2 is 1.60 bits per heavy atom. The van der Waals surface area contributed by atoms with Gasteiger partial charge in [-0.25, -0.2) is 5.43 Å². The summed E-state index contributed by atoms with van der Waals surface area (Å²) in [6, 6.07) is 25.9. The highest BCUT2D eigenvalue weighted by atomic mass is 79.9. The monoisotopic (exact) mass is 592 g/mol. The van der Waals surface area contributed by atoms with Crippen LogP contribution in [0.3, 0.4) is 0 Å². The molecule has 4 rings (SSSR count). The second kappa shape index (κ2) is 10.8. The minimum Gasteiger partial charge on any atom is -0.487 e. The molecule has 0 fully saturated rings. The zero-order chi connectivity index (χ0) is 25.0. The Labute approximate surface area is 222 Å². The number of amides is 1. The third-order valence-electron chi connectivity index (χ3n) is 5.67. The van der Waals surface area contributed by atoms with Crippen LogP contribution in [-0.2, 0) is 12.0 Å². The number of rotatable bonds is 6. The molecule has 4 nitrogen and oxygen atoms in total. The summed E-state index contributed by atoms with van der Waals surface area (Å²) < 4.78 is 7.72. The van der Waals surface area contributed by atoms with E-state index >= 15 is 0 Å². The third kappa shape index (κ3) is 6.19. The highest BCUT2D eigenvalue weighted by Crippen LogP contribution is 2.35. The summed E-state index contributed by atoms with van der Waals surface area (Å²) >= 11 is 7.19. The van der Waals surface area contributed by atoms with Crippen LogP contribution in [0.4, 0.5) is 0 Å². The van der Waals surface area contributed by atoms with E-state index in [-0.39, 0.29) is 11.3 Å². The topological polar surface area (TPSA) is 50.7 Å². The first-order valence-corrected chi connectivity index (χ1v) is 12.8. The van der Waals surface area contributed by atoms with E-state index in [0.717, 1.165) is 20.1 Å². The van der Waals surface area contributed by atoms with Crippen LogP contribution >= 0.6 is 31.9 Å². The quantitative estimate of drug-likeness (QED) is 0.182. The van der Waals surface area contributed by atoms with Crippen LogP contribution in [0.2, 0.25) is 0 Å². The number of halogens is 2. The minimum atomic E-state index is -0.255. The van der Waals surface area contributed by atoms with E-state index in [2.05, 4.69) is 87.4 Å². The molecular formula is C29H26Br2N2O2. The number of carbonyl (C=O) groups excluding carboxylic acids is 1. The molecule has 0 bridgehead atoms. The number of hydrogen-bond donors (Lipinski definition) is 1. The minimum absolute atomic E-state index is 0.0404. The average molecular weight is 594 g/mol. The molecule has 0 saturated carbocycles. The average Bonchev–Trinajstić information content (AvgIpc) is 2.83. The van der Waals surface area contributed by atoms with Crippen LogP contribution in [0, 0.1) is 0 Å². The summed E-state index contributed by atoms with van der Waals surface area (Å²) in [6.07, 6.45) is 1.60. The molecule has 35 heavy (non-hydrogen) atoms. The Kier molecular flexibility index (Phi) is 7.72. The number of nitrogens with zero attached hydrogens (tertiary/aromatic N) is 1. The molecule has 0 aliphatic carbocycles. The van der Waals surface area contributed by atoms with Crippen molar-refractivity contribution in [2.75, 3.05) is 0 Å². The smallest absolute Gasteiger partial charge is 0.271 e. The zero-order valence-corrected chi connectivity index (χ0v) is 23.0. The molecule has 0 saturated heterocycles. The molecule has 1 amide bonds. The number of fused-ring (bicyclic) bond motifs is 1. The fourth-order valence-corrected chi connectivity index (χ4v) is 5.16. The van der Waals surface area contributed by atoms with E-state index in [4.69, 9.17) is 4.74 Å².